The first kappa shape index (κ1) is 17.0. The highest BCUT2D eigenvalue weighted by Crippen LogP contribution is 2.48. The van der Waals surface area contributed by atoms with Crippen LogP contribution < -0.4 is 0 Å². The molecule has 3 aromatic rings. The van der Waals surface area contributed by atoms with E-state index in [0.717, 1.165) is 22.3 Å². The number of carbonyl (C=O) groups is 1. The molecule has 138 valence electrons. The highest BCUT2D eigenvalue weighted by atomic mass is 16.6. The third-order valence-electron chi connectivity index (χ3n) is 5.52. The summed E-state index contributed by atoms with van der Waals surface area (Å²) in [6, 6.07) is 30.0. The molecule has 0 saturated carbocycles. The maximum absolute atomic E-state index is 13.0. The first-order valence-electron chi connectivity index (χ1n) is 9.55. The molecule has 3 heteroatoms. The lowest BCUT2D eigenvalue weighted by atomic mass is 9.80. The molecule has 3 atom stereocenters. The fourth-order valence-electron chi connectivity index (χ4n) is 4.24. The molecule has 2 aliphatic rings. The number of benzene rings is 3. The van der Waals surface area contributed by atoms with Crippen molar-refractivity contribution in [2.75, 3.05) is 6.61 Å². The van der Waals surface area contributed by atoms with Crippen molar-refractivity contribution in [1.29, 1.82) is 0 Å². The van der Waals surface area contributed by atoms with E-state index in [-0.39, 0.29) is 18.0 Å². The van der Waals surface area contributed by atoms with Crippen LogP contribution in [0.25, 0.3) is 5.57 Å². The predicted molar refractivity (Wildman–Crippen MR) is 108 cm³/mol. The van der Waals surface area contributed by atoms with Crippen LogP contribution in [0.4, 0.5) is 0 Å². The molecule has 3 nitrogen and oxygen atoms in total. The van der Waals surface area contributed by atoms with E-state index in [1.165, 1.54) is 0 Å². The molecular weight excluding hydrogens is 348 g/mol. The minimum Gasteiger partial charge on any atom is -0.451 e. The first-order valence-corrected chi connectivity index (χ1v) is 9.55. The zero-order valence-corrected chi connectivity index (χ0v) is 15.3. The molecule has 3 aromatic carbocycles. The average Bonchev–Trinajstić information content (AvgIpc) is 3.11. The van der Waals surface area contributed by atoms with Crippen LogP contribution in [0.5, 0.6) is 0 Å². The van der Waals surface area contributed by atoms with Crippen molar-refractivity contribution < 1.29 is 14.3 Å². The molecule has 0 unspecified atom stereocenters. The van der Waals surface area contributed by atoms with Crippen LogP contribution in [-0.4, -0.2) is 18.7 Å². The van der Waals surface area contributed by atoms with Gasteiger partial charge in [-0.05, 0) is 22.3 Å². The lowest BCUT2D eigenvalue weighted by Crippen LogP contribution is -2.34. The number of hydrogen-bond acceptors (Lipinski definition) is 3. The Hall–Kier alpha value is -3.17. The van der Waals surface area contributed by atoms with E-state index in [9.17, 15) is 4.79 Å². The minimum atomic E-state index is -0.413. The van der Waals surface area contributed by atoms with E-state index in [0.29, 0.717) is 12.2 Å². The maximum atomic E-state index is 13.0. The molecule has 0 bridgehead atoms. The standard InChI is InChI=1S/C25H20O3/c26-25-21(18-12-6-2-7-13-18)22-20(17-10-4-1-5-11-17)16-27-23(24(22)28-25)19-14-8-3-9-15-19/h1-15,20,23-24H,16H2/t20-,23+,24-/m1/s1. The average molecular weight is 368 g/mol. The summed E-state index contributed by atoms with van der Waals surface area (Å²) in [7, 11) is 0. The molecule has 1 fully saturated rings. The molecule has 0 aliphatic carbocycles. The highest BCUT2D eigenvalue weighted by Gasteiger charge is 2.47. The van der Waals surface area contributed by atoms with E-state index in [4.69, 9.17) is 9.47 Å². The Balaban J connectivity index is 1.67. The lowest BCUT2D eigenvalue weighted by molar-refractivity contribution is -0.147. The predicted octanol–water partition coefficient (Wildman–Crippen LogP) is 4.92. The second-order valence-electron chi connectivity index (χ2n) is 7.15. The van der Waals surface area contributed by atoms with Gasteiger partial charge in [-0.1, -0.05) is 91.0 Å². The van der Waals surface area contributed by atoms with Gasteiger partial charge in [0.2, 0.25) is 0 Å². The van der Waals surface area contributed by atoms with Crippen molar-refractivity contribution in [1.82, 2.24) is 0 Å². The van der Waals surface area contributed by atoms with Crippen molar-refractivity contribution in [3.05, 3.63) is 113 Å². The molecule has 0 amide bonds. The topological polar surface area (TPSA) is 35.5 Å². The Labute approximate surface area is 164 Å². The van der Waals surface area contributed by atoms with Crippen molar-refractivity contribution in [3.8, 4) is 0 Å². The smallest absolute Gasteiger partial charge is 0.339 e. The van der Waals surface area contributed by atoms with Gasteiger partial charge in [0.1, 0.15) is 6.10 Å². The molecule has 1 saturated heterocycles. The van der Waals surface area contributed by atoms with Gasteiger partial charge in [0.25, 0.3) is 0 Å². The monoisotopic (exact) mass is 368 g/mol. The molecule has 2 aliphatic heterocycles. The van der Waals surface area contributed by atoms with Gasteiger partial charge in [0, 0.05) is 5.92 Å². The van der Waals surface area contributed by atoms with E-state index >= 15 is 0 Å². The number of carbonyl (C=O) groups excluding carboxylic acids is 1. The second-order valence-corrected chi connectivity index (χ2v) is 7.15. The van der Waals surface area contributed by atoms with Crippen molar-refractivity contribution in [3.63, 3.8) is 0 Å². The Morgan fingerprint density at radius 2 is 1.25 bits per heavy atom. The molecule has 0 spiro atoms. The summed E-state index contributed by atoms with van der Waals surface area (Å²) in [5.74, 6) is -0.272. The summed E-state index contributed by atoms with van der Waals surface area (Å²) < 4.78 is 12.2. The minimum absolute atomic E-state index is 0.00665. The van der Waals surface area contributed by atoms with E-state index in [1.54, 1.807) is 0 Å². The summed E-state index contributed by atoms with van der Waals surface area (Å²) in [6.45, 7) is 0.516. The molecule has 0 N–H and O–H groups in total. The van der Waals surface area contributed by atoms with E-state index < -0.39 is 6.10 Å². The van der Waals surface area contributed by atoms with Crippen molar-refractivity contribution in [2.45, 2.75) is 18.1 Å². The number of rotatable bonds is 3. The van der Waals surface area contributed by atoms with E-state index in [2.05, 4.69) is 12.1 Å². The van der Waals surface area contributed by atoms with Crippen LogP contribution >= 0.6 is 0 Å². The van der Waals surface area contributed by atoms with Crippen LogP contribution in [0.3, 0.4) is 0 Å². The Kier molecular flexibility index (Phi) is 4.30. The summed E-state index contributed by atoms with van der Waals surface area (Å²) in [6.07, 6.45) is -0.703. The second kappa shape index (κ2) is 7.10. The van der Waals surface area contributed by atoms with Crippen LogP contribution in [0.2, 0.25) is 0 Å². The maximum Gasteiger partial charge on any atom is 0.339 e. The van der Waals surface area contributed by atoms with Gasteiger partial charge in [-0.3, -0.25) is 0 Å². The van der Waals surface area contributed by atoms with Crippen LogP contribution in [0, 0.1) is 0 Å². The summed E-state index contributed by atoms with van der Waals surface area (Å²) in [4.78, 5) is 13.0. The Morgan fingerprint density at radius 1 is 0.679 bits per heavy atom. The van der Waals surface area contributed by atoms with Crippen molar-refractivity contribution in [2.24, 2.45) is 0 Å². The van der Waals surface area contributed by atoms with Crippen LogP contribution in [0.1, 0.15) is 28.7 Å². The SMILES string of the molecule is O=C1O[C@@H]2C(=C1c1ccccc1)[C@@H](c1ccccc1)CO[C@H]2c1ccccc1. The normalized spacial score (nSPS) is 24.0. The number of ether oxygens (including phenoxy) is 2. The highest BCUT2D eigenvalue weighted by molar-refractivity contribution is 6.20. The van der Waals surface area contributed by atoms with Gasteiger partial charge in [0.05, 0.1) is 12.2 Å². The summed E-state index contributed by atoms with van der Waals surface area (Å²) in [5, 5.41) is 0. The third kappa shape index (κ3) is 2.85. The van der Waals surface area contributed by atoms with Gasteiger partial charge in [0.15, 0.2) is 6.10 Å². The fourth-order valence-corrected chi connectivity index (χ4v) is 4.24. The number of fused-ring (bicyclic) bond motifs is 1. The number of esters is 1. The summed E-state index contributed by atoms with van der Waals surface area (Å²) in [5.41, 5.74) is 4.78. The molecule has 28 heavy (non-hydrogen) atoms. The Morgan fingerprint density at radius 3 is 1.89 bits per heavy atom. The molecule has 0 radical (unpaired) electrons. The van der Waals surface area contributed by atoms with E-state index in [1.807, 2.05) is 78.9 Å². The van der Waals surface area contributed by atoms with Gasteiger partial charge in [-0.15, -0.1) is 0 Å². The molecule has 5 rings (SSSR count). The van der Waals surface area contributed by atoms with Gasteiger partial charge in [-0.25, -0.2) is 4.79 Å². The molecule has 0 aromatic heterocycles. The molecular formula is C25H20O3. The first-order chi connectivity index (χ1) is 13.8. The van der Waals surface area contributed by atoms with Crippen LogP contribution in [0.15, 0.2) is 96.6 Å². The van der Waals surface area contributed by atoms with Crippen LogP contribution in [-0.2, 0) is 14.3 Å². The van der Waals surface area contributed by atoms with Gasteiger partial charge >= 0.3 is 5.97 Å². The zero-order chi connectivity index (χ0) is 18.9. The van der Waals surface area contributed by atoms with Crippen molar-refractivity contribution >= 4 is 11.5 Å². The van der Waals surface area contributed by atoms with Gasteiger partial charge in [-0.2, -0.15) is 0 Å². The zero-order valence-electron chi connectivity index (χ0n) is 15.3. The lowest BCUT2D eigenvalue weighted by Gasteiger charge is -2.35. The fraction of sp³-hybridized carbons (Fsp3) is 0.160. The molecule has 2 heterocycles. The number of hydrogen-bond donors (Lipinski definition) is 0. The third-order valence-corrected chi connectivity index (χ3v) is 5.52. The largest absolute Gasteiger partial charge is 0.451 e. The van der Waals surface area contributed by atoms with Gasteiger partial charge < -0.3 is 9.47 Å². The summed E-state index contributed by atoms with van der Waals surface area (Å²) >= 11 is 0. The quantitative estimate of drug-likeness (QED) is 0.616. The Bertz CT molecular complexity index is 1010.